The zero-order valence-corrected chi connectivity index (χ0v) is 15.7. The van der Waals surface area contributed by atoms with E-state index < -0.39 is 0 Å². The van der Waals surface area contributed by atoms with Crippen LogP contribution >= 0.6 is 8.58 Å². The number of aldehydes is 1. The van der Waals surface area contributed by atoms with Crippen LogP contribution in [-0.2, 0) is 11.2 Å². The lowest BCUT2D eigenvalue weighted by Gasteiger charge is -2.12. The average Bonchev–Trinajstić information content (AvgIpc) is 3.05. The van der Waals surface area contributed by atoms with Crippen LogP contribution in [0.4, 0.5) is 0 Å². The first-order chi connectivity index (χ1) is 11.3. The van der Waals surface area contributed by atoms with Crippen molar-refractivity contribution in [2.45, 2.75) is 82.7 Å². The highest BCUT2D eigenvalue weighted by Crippen LogP contribution is 2.42. The zero-order valence-electron chi connectivity index (χ0n) is 14.7. The van der Waals surface area contributed by atoms with E-state index in [1.165, 1.54) is 75.3 Å². The molecule has 0 aromatic heterocycles. The maximum absolute atomic E-state index is 10.5. The first-order valence-electron chi connectivity index (χ1n) is 9.59. The smallest absolute Gasteiger partial charge is 0.124 e. The topological polar surface area (TPSA) is 17.1 Å². The monoisotopic (exact) mass is 332 g/mol. The van der Waals surface area contributed by atoms with Crippen molar-refractivity contribution >= 4 is 14.9 Å². The Morgan fingerprint density at radius 2 is 1.78 bits per heavy atom. The van der Waals surface area contributed by atoms with Crippen molar-refractivity contribution < 1.29 is 4.79 Å². The molecular weight excluding hydrogens is 299 g/mol. The molecule has 1 aromatic carbocycles. The summed E-state index contributed by atoms with van der Waals surface area (Å²) >= 11 is 0. The van der Waals surface area contributed by atoms with E-state index in [0.717, 1.165) is 32.6 Å². The summed E-state index contributed by atoms with van der Waals surface area (Å²) in [4.78, 5) is 10.5. The molecular formula is C21H33OP. The van der Waals surface area contributed by atoms with E-state index in [0.29, 0.717) is 0 Å². The van der Waals surface area contributed by atoms with E-state index in [-0.39, 0.29) is 0 Å². The van der Waals surface area contributed by atoms with Gasteiger partial charge in [-0.1, -0.05) is 63.3 Å². The molecule has 2 heteroatoms. The Morgan fingerprint density at radius 1 is 1.04 bits per heavy atom. The van der Waals surface area contributed by atoms with Crippen LogP contribution in [0.5, 0.6) is 0 Å². The van der Waals surface area contributed by atoms with Gasteiger partial charge in [-0.15, -0.1) is 8.58 Å². The van der Waals surface area contributed by atoms with Crippen LogP contribution in [0.25, 0.3) is 0 Å². The number of carbonyl (C=O) groups excluding carboxylic acids is 1. The lowest BCUT2D eigenvalue weighted by molar-refractivity contribution is -0.105. The molecule has 1 fully saturated rings. The number of hydrogen-bond donors (Lipinski definition) is 0. The van der Waals surface area contributed by atoms with E-state index in [9.17, 15) is 4.79 Å². The largest absolute Gasteiger partial charge is 0.303 e. The fourth-order valence-corrected chi connectivity index (χ4v) is 5.00. The van der Waals surface area contributed by atoms with Crippen molar-refractivity contribution in [3.63, 3.8) is 0 Å². The molecule has 0 aliphatic heterocycles. The third-order valence-corrected chi connectivity index (χ3v) is 6.70. The predicted molar refractivity (Wildman–Crippen MR) is 103 cm³/mol. The molecule has 128 valence electrons. The summed E-state index contributed by atoms with van der Waals surface area (Å²) in [6.07, 6.45) is 15.3. The van der Waals surface area contributed by atoms with Gasteiger partial charge >= 0.3 is 0 Å². The number of unbranched alkanes of at least 4 members (excludes halogenated alkanes) is 5. The van der Waals surface area contributed by atoms with Crippen LogP contribution in [0.3, 0.4) is 0 Å². The first kappa shape index (κ1) is 18.7. The second-order valence-corrected chi connectivity index (χ2v) is 8.67. The van der Waals surface area contributed by atoms with Gasteiger partial charge in [0.1, 0.15) is 6.29 Å². The number of hydrogen-bond acceptors (Lipinski definition) is 1. The second-order valence-electron chi connectivity index (χ2n) is 7.04. The lowest BCUT2D eigenvalue weighted by atomic mass is 9.95. The molecule has 1 aliphatic carbocycles. The number of carbonyl (C=O) groups is 1. The van der Waals surface area contributed by atoms with E-state index in [1.807, 2.05) is 0 Å². The molecule has 0 N–H and O–H groups in total. The van der Waals surface area contributed by atoms with Gasteiger partial charge in [0.2, 0.25) is 0 Å². The molecule has 0 spiro atoms. The maximum Gasteiger partial charge on any atom is 0.124 e. The summed E-state index contributed by atoms with van der Waals surface area (Å²) in [5.41, 5.74) is 3.82. The summed E-state index contributed by atoms with van der Waals surface area (Å²) in [5, 5.41) is 0. The third kappa shape index (κ3) is 6.76. The van der Waals surface area contributed by atoms with E-state index >= 15 is 0 Å². The molecule has 0 amide bonds. The minimum absolute atomic E-state index is 0.738. The normalized spacial score (nSPS) is 21.3. The quantitative estimate of drug-likeness (QED) is 0.272. The van der Waals surface area contributed by atoms with Crippen molar-refractivity contribution in [2.75, 3.05) is 6.16 Å². The minimum Gasteiger partial charge on any atom is -0.303 e. The zero-order chi connectivity index (χ0) is 16.3. The summed E-state index contributed by atoms with van der Waals surface area (Å²) < 4.78 is 0. The first-order valence-corrected chi connectivity index (χ1v) is 10.9. The van der Waals surface area contributed by atoms with Crippen LogP contribution < -0.4 is 0 Å². The molecule has 1 aliphatic rings. The Balaban J connectivity index is 1.69. The lowest BCUT2D eigenvalue weighted by Crippen LogP contribution is -1.97. The summed E-state index contributed by atoms with van der Waals surface area (Å²) in [6, 6.07) is 9.43. The highest BCUT2D eigenvalue weighted by Gasteiger charge is 2.25. The fourth-order valence-electron chi connectivity index (χ4n) is 3.75. The van der Waals surface area contributed by atoms with Crippen LogP contribution in [-0.4, -0.2) is 18.1 Å². The van der Waals surface area contributed by atoms with Gasteiger partial charge in [0.25, 0.3) is 0 Å². The van der Waals surface area contributed by atoms with E-state index in [1.54, 1.807) is 0 Å². The molecule has 0 radical (unpaired) electrons. The Labute approximate surface area is 144 Å². The fraction of sp³-hybridized carbons (Fsp3) is 0.667. The van der Waals surface area contributed by atoms with E-state index in [2.05, 4.69) is 31.2 Å². The van der Waals surface area contributed by atoms with Crippen LogP contribution in [0.15, 0.2) is 24.3 Å². The molecule has 1 saturated carbocycles. The molecule has 1 aromatic rings. The average molecular weight is 332 g/mol. The third-order valence-electron chi connectivity index (χ3n) is 5.19. The van der Waals surface area contributed by atoms with Crippen molar-refractivity contribution in [3.8, 4) is 0 Å². The predicted octanol–water partition coefficient (Wildman–Crippen LogP) is 6.10. The SMILES string of the molecule is CCCCCCCCc1ccc(C2CCC(PCC=O)C2)cc1. The second kappa shape index (κ2) is 11.0. The van der Waals surface area contributed by atoms with Gasteiger partial charge in [0, 0.05) is 6.16 Å². The van der Waals surface area contributed by atoms with Gasteiger partial charge in [-0.05, 0) is 54.8 Å². The van der Waals surface area contributed by atoms with E-state index in [4.69, 9.17) is 0 Å². The van der Waals surface area contributed by atoms with Gasteiger partial charge in [-0.25, -0.2) is 0 Å². The van der Waals surface area contributed by atoms with Gasteiger partial charge in [0.05, 0.1) is 0 Å². The summed E-state index contributed by atoms with van der Waals surface area (Å²) in [5.74, 6) is 0.738. The van der Waals surface area contributed by atoms with Crippen molar-refractivity contribution in [1.29, 1.82) is 0 Å². The minimum atomic E-state index is 0.738. The van der Waals surface area contributed by atoms with Gasteiger partial charge in [-0.3, -0.25) is 0 Å². The Hall–Kier alpha value is -0.680. The number of rotatable bonds is 11. The molecule has 1 nitrogen and oxygen atoms in total. The van der Waals surface area contributed by atoms with Crippen LogP contribution in [0, 0.1) is 0 Å². The standard InChI is InChI=1S/C21H33OP/c1-2-3-4-5-6-7-8-18-9-11-19(12-10-18)20-13-14-21(17-20)23-16-15-22/h9-12,15,20-21,23H,2-8,13-14,16-17H2,1H3. The highest BCUT2D eigenvalue weighted by molar-refractivity contribution is 7.39. The van der Waals surface area contributed by atoms with Gasteiger partial charge < -0.3 is 4.79 Å². The van der Waals surface area contributed by atoms with Crippen molar-refractivity contribution in [3.05, 3.63) is 35.4 Å². The summed E-state index contributed by atoms with van der Waals surface area (Å²) in [7, 11) is 0.846. The Bertz CT molecular complexity index is 440. The van der Waals surface area contributed by atoms with Crippen LogP contribution in [0.1, 0.15) is 81.8 Å². The van der Waals surface area contributed by atoms with Gasteiger partial charge in [0.15, 0.2) is 0 Å². The van der Waals surface area contributed by atoms with Crippen molar-refractivity contribution in [2.24, 2.45) is 0 Å². The van der Waals surface area contributed by atoms with Crippen molar-refractivity contribution in [1.82, 2.24) is 0 Å². The maximum atomic E-state index is 10.5. The Kier molecular flexibility index (Phi) is 8.90. The molecule has 0 heterocycles. The highest BCUT2D eigenvalue weighted by atomic mass is 31.1. The Morgan fingerprint density at radius 3 is 2.52 bits per heavy atom. The molecule has 0 saturated heterocycles. The van der Waals surface area contributed by atoms with Gasteiger partial charge in [-0.2, -0.15) is 0 Å². The molecule has 3 unspecified atom stereocenters. The molecule has 23 heavy (non-hydrogen) atoms. The number of benzene rings is 1. The molecule has 3 atom stereocenters. The van der Waals surface area contributed by atoms with Crippen LogP contribution in [0.2, 0.25) is 0 Å². The molecule has 0 bridgehead atoms. The molecule has 2 rings (SSSR count). The number of aryl methyl sites for hydroxylation is 1. The summed E-state index contributed by atoms with van der Waals surface area (Å²) in [6.45, 7) is 2.27.